The molecule has 3 rings (SSSR count). The lowest BCUT2D eigenvalue weighted by molar-refractivity contribution is 0.461. The van der Waals surface area contributed by atoms with Gasteiger partial charge in [-0.2, -0.15) is 0 Å². The average Bonchev–Trinajstić information content (AvgIpc) is 2.90. The summed E-state index contributed by atoms with van der Waals surface area (Å²) >= 11 is 0. The van der Waals surface area contributed by atoms with Gasteiger partial charge in [0.05, 0.1) is 10.1 Å². The smallest absolute Gasteiger partial charge is 0.0946 e. The number of fused-ring (bicyclic) bond motifs is 3. The van der Waals surface area contributed by atoms with E-state index in [0.29, 0.717) is 13.0 Å². The van der Waals surface area contributed by atoms with E-state index in [0.717, 1.165) is 24.5 Å². The van der Waals surface area contributed by atoms with E-state index in [1.165, 1.54) is 16.3 Å². The fraction of sp³-hybridized carbons (Fsp3) is 0.500. The summed E-state index contributed by atoms with van der Waals surface area (Å²) in [4.78, 5) is 2.05. The van der Waals surface area contributed by atoms with Crippen LogP contribution in [0.5, 0.6) is 0 Å². The summed E-state index contributed by atoms with van der Waals surface area (Å²) < 4.78 is 32.5. The van der Waals surface area contributed by atoms with E-state index in [4.69, 9.17) is 0 Å². The molecule has 0 saturated heterocycles. The first-order valence-electron chi connectivity index (χ1n) is 10.8. The fourth-order valence-electron chi connectivity index (χ4n) is 3.67. The van der Waals surface area contributed by atoms with Crippen LogP contribution < -0.4 is 10.2 Å². The van der Waals surface area contributed by atoms with Crippen molar-refractivity contribution in [1.82, 2.24) is 5.32 Å². The van der Waals surface area contributed by atoms with E-state index < -0.39 is 10.1 Å². The van der Waals surface area contributed by atoms with Gasteiger partial charge < -0.3 is 14.8 Å². The molecule has 30 heavy (non-hydrogen) atoms. The van der Waals surface area contributed by atoms with Gasteiger partial charge in [0.15, 0.2) is 0 Å². The average molecular weight is 434 g/mol. The zero-order valence-corrected chi connectivity index (χ0v) is 20.1. The zero-order chi connectivity index (χ0) is 22.9. The molecule has 1 aliphatic rings. The molecule has 0 aliphatic carbocycles. The van der Waals surface area contributed by atoms with Gasteiger partial charge in [0.1, 0.15) is 0 Å². The largest absolute Gasteiger partial charge is 0.748 e. The highest BCUT2D eigenvalue weighted by atomic mass is 32.2. The Kier molecular flexibility index (Phi) is 10.0. The van der Waals surface area contributed by atoms with Crippen molar-refractivity contribution in [2.45, 2.75) is 53.4 Å². The Morgan fingerprint density at radius 2 is 1.67 bits per heavy atom. The van der Waals surface area contributed by atoms with Crippen LogP contribution in [0.3, 0.4) is 0 Å². The highest BCUT2D eigenvalue weighted by molar-refractivity contribution is 7.85. The molecule has 2 aromatic rings. The normalized spacial score (nSPS) is 14.5. The second-order valence-corrected chi connectivity index (χ2v) is 9.00. The third kappa shape index (κ3) is 6.30. The first-order valence-corrected chi connectivity index (χ1v) is 12.3. The molecule has 0 bridgehead atoms. The minimum absolute atomic E-state index is 0.230. The van der Waals surface area contributed by atoms with Crippen LogP contribution in [0.25, 0.3) is 10.8 Å². The molecule has 5 nitrogen and oxygen atoms in total. The maximum Gasteiger partial charge on any atom is 0.0946 e. The van der Waals surface area contributed by atoms with Crippen molar-refractivity contribution < 1.29 is 13.0 Å². The first kappa shape index (κ1) is 26.1. The summed E-state index contributed by atoms with van der Waals surface area (Å²) in [6.07, 6.45) is 0.299. The van der Waals surface area contributed by atoms with E-state index in [2.05, 4.69) is 63.9 Å². The van der Waals surface area contributed by atoms with Crippen LogP contribution in [0.15, 0.2) is 48.7 Å². The molecule has 0 fully saturated rings. The van der Waals surface area contributed by atoms with Crippen molar-refractivity contribution in [3.63, 3.8) is 0 Å². The van der Waals surface area contributed by atoms with Gasteiger partial charge in [0, 0.05) is 29.1 Å². The minimum atomic E-state index is -4.18. The molecule has 1 heterocycles. The zero-order valence-electron chi connectivity index (χ0n) is 19.3. The molecular weight excluding hydrogens is 396 g/mol. The van der Waals surface area contributed by atoms with Gasteiger partial charge >= 0.3 is 0 Å². The number of hydrogen-bond donors (Lipinski definition) is 1. The summed E-state index contributed by atoms with van der Waals surface area (Å²) in [5.74, 6) is -0.347. The first-order chi connectivity index (χ1) is 14.1. The number of rotatable bonds is 6. The Morgan fingerprint density at radius 1 is 1.07 bits per heavy atom. The molecule has 0 atom stereocenters. The van der Waals surface area contributed by atoms with Crippen LogP contribution in [0, 0.1) is 0 Å². The van der Waals surface area contributed by atoms with E-state index in [9.17, 15) is 13.0 Å². The standard InChI is InChI=1S/C18H21NO3S.C4H11N.C2H6/c1-13-18(2,3)17-15-8-5-4-7-14(15)9-10-16(17)19(13)11-6-12-23(20,21)22;1-3-5-4-2;1-2/h4-5,7-10H,1,6,11-12H2,2-3H3,(H,20,21,22);5H,3-4H2,1-2H3;1-2H3/p-1. The van der Waals surface area contributed by atoms with Crippen molar-refractivity contribution in [3.8, 4) is 0 Å². The summed E-state index contributed by atoms with van der Waals surface area (Å²) in [6.45, 7) is 19.4. The number of nitrogens with zero attached hydrogens (tertiary/aromatic N) is 1. The molecule has 0 unspecified atom stereocenters. The van der Waals surface area contributed by atoms with E-state index in [1.807, 2.05) is 30.9 Å². The van der Waals surface area contributed by atoms with Gasteiger partial charge in [-0.05, 0) is 41.9 Å². The van der Waals surface area contributed by atoms with Crippen LogP contribution in [-0.4, -0.2) is 38.4 Å². The molecule has 1 N–H and O–H groups in total. The molecular formula is C24H37N2O3S-. The molecule has 0 spiro atoms. The van der Waals surface area contributed by atoms with E-state index in [-0.39, 0.29) is 11.2 Å². The Balaban J connectivity index is 0.000000565. The minimum Gasteiger partial charge on any atom is -0.748 e. The summed E-state index contributed by atoms with van der Waals surface area (Å²) in [7, 11) is -4.18. The predicted octanol–water partition coefficient (Wildman–Crippen LogP) is 5.03. The molecule has 6 heteroatoms. The number of allylic oxidation sites excluding steroid dienone is 1. The molecule has 1 aliphatic heterocycles. The van der Waals surface area contributed by atoms with Crippen molar-refractivity contribution >= 4 is 26.6 Å². The van der Waals surface area contributed by atoms with E-state index >= 15 is 0 Å². The second kappa shape index (κ2) is 11.5. The van der Waals surface area contributed by atoms with Gasteiger partial charge in [0.2, 0.25) is 0 Å². The SMILES string of the molecule is C=C1N(CCCS(=O)(=O)[O-])c2ccc3ccccc3c2C1(C)C.CC.CCNCC. The lowest BCUT2D eigenvalue weighted by atomic mass is 9.82. The highest BCUT2D eigenvalue weighted by Crippen LogP contribution is 2.49. The van der Waals surface area contributed by atoms with Crippen molar-refractivity contribution in [3.05, 3.63) is 54.2 Å². The third-order valence-corrected chi connectivity index (χ3v) is 5.93. The lowest BCUT2D eigenvalue weighted by Gasteiger charge is -2.26. The number of anilines is 1. The predicted molar refractivity (Wildman–Crippen MR) is 128 cm³/mol. The Bertz CT molecular complexity index is 935. The Labute approximate surface area is 182 Å². The lowest BCUT2D eigenvalue weighted by Crippen LogP contribution is -2.27. The topological polar surface area (TPSA) is 72.5 Å². The third-order valence-electron chi connectivity index (χ3n) is 5.15. The van der Waals surface area contributed by atoms with Gasteiger partial charge in [-0.3, -0.25) is 0 Å². The number of benzene rings is 2. The van der Waals surface area contributed by atoms with Crippen molar-refractivity contribution in [1.29, 1.82) is 0 Å². The quantitative estimate of drug-likeness (QED) is 0.647. The highest BCUT2D eigenvalue weighted by Gasteiger charge is 2.39. The number of nitrogens with one attached hydrogen (secondary N) is 1. The fourth-order valence-corrected chi connectivity index (χ4v) is 4.16. The van der Waals surface area contributed by atoms with E-state index in [1.54, 1.807) is 0 Å². The molecule has 168 valence electrons. The maximum atomic E-state index is 10.8. The van der Waals surface area contributed by atoms with Gasteiger partial charge in [-0.25, -0.2) is 8.42 Å². The number of hydrogen-bond acceptors (Lipinski definition) is 5. The molecule has 0 saturated carbocycles. The van der Waals surface area contributed by atoms with Crippen LogP contribution in [-0.2, 0) is 15.5 Å². The summed E-state index contributed by atoms with van der Waals surface area (Å²) in [5.41, 5.74) is 2.98. The van der Waals surface area contributed by atoms with Crippen molar-refractivity contribution in [2.24, 2.45) is 0 Å². The van der Waals surface area contributed by atoms with Crippen molar-refractivity contribution in [2.75, 3.05) is 30.3 Å². The van der Waals surface area contributed by atoms with Crippen LogP contribution in [0.4, 0.5) is 5.69 Å². The molecule has 0 aromatic heterocycles. The van der Waals surface area contributed by atoms with Gasteiger partial charge in [-0.15, -0.1) is 0 Å². The van der Waals surface area contributed by atoms with Crippen LogP contribution >= 0.6 is 0 Å². The molecule has 0 radical (unpaired) electrons. The Morgan fingerprint density at radius 3 is 2.20 bits per heavy atom. The van der Waals surface area contributed by atoms with Gasteiger partial charge in [0.25, 0.3) is 0 Å². The monoisotopic (exact) mass is 433 g/mol. The second-order valence-electron chi connectivity index (χ2n) is 7.48. The van der Waals surface area contributed by atoms with Crippen LogP contribution in [0.1, 0.15) is 53.5 Å². The summed E-state index contributed by atoms with van der Waals surface area (Å²) in [6, 6.07) is 12.4. The summed E-state index contributed by atoms with van der Waals surface area (Å²) in [5, 5.41) is 5.48. The Hall–Kier alpha value is -1.89. The van der Waals surface area contributed by atoms with Crippen LogP contribution in [0.2, 0.25) is 0 Å². The maximum absolute atomic E-state index is 10.8. The molecule has 0 amide bonds. The molecule has 2 aromatic carbocycles. The van der Waals surface area contributed by atoms with Gasteiger partial charge in [-0.1, -0.05) is 78.5 Å².